The first-order valence-electron chi connectivity index (χ1n) is 10.9. The Morgan fingerprint density at radius 2 is 1.85 bits per heavy atom. The number of nitrogens with one attached hydrogen (secondary N) is 1. The van der Waals surface area contributed by atoms with Gasteiger partial charge in [-0.2, -0.15) is 0 Å². The molecule has 170 valence electrons. The molecule has 0 saturated heterocycles. The molecule has 0 atom stereocenters. The van der Waals surface area contributed by atoms with Gasteiger partial charge in [0.15, 0.2) is 5.78 Å². The van der Waals surface area contributed by atoms with Crippen molar-refractivity contribution in [3.05, 3.63) is 54.2 Å². The minimum absolute atomic E-state index is 0.0471. The molecule has 4 rings (SSSR count). The van der Waals surface area contributed by atoms with Crippen LogP contribution in [-0.4, -0.2) is 36.8 Å². The van der Waals surface area contributed by atoms with Crippen LogP contribution >= 0.6 is 0 Å². The van der Waals surface area contributed by atoms with Crippen LogP contribution < -0.4 is 5.32 Å². The highest BCUT2D eigenvalue weighted by Gasteiger charge is 2.18. The van der Waals surface area contributed by atoms with Crippen LogP contribution in [0.25, 0.3) is 27.7 Å². The zero-order valence-corrected chi connectivity index (χ0v) is 19.5. The molecule has 33 heavy (non-hydrogen) atoms. The molecular formula is C25H27N5O3. The molecule has 8 heteroatoms. The number of rotatable bonds is 5. The maximum atomic E-state index is 12.2. The summed E-state index contributed by atoms with van der Waals surface area (Å²) < 4.78 is 7.26. The van der Waals surface area contributed by atoms with Crippen molar-refractivity contribution in [2.24, 2.45) is 0 Å². The standard InChI is InChI=1S/C25H27N5O3/c1-6-7-21(31)19-10-15(2)18(14-27-19)17-11-16-13-28-22(29-24(32)33-25(3,4)5)12-20(16)30-9-8-26-23(17)30/h8-14H,6-7H2,1-5H3,(H,28,29,32). The van der Waals surface area contributed by atoms with Crippen LogP contribution in [-0.2, 0) is 4.74 Å². The van der Waals surface area contributed by atoms with Crippen LogP contribution in [0.2, 0.25) is 0 Å². The van der Waals surface area contributed by atoms with Crippen molar-refractivity contribution >= 4 is 34.2 Å². The van der Waals surface area contributed by atoms with Gasteiger partial charge in [-0.3, -0.25) is 19.5 Å². The summed E-state index contributed by atoms with van der Waals surface area (Å²) in [6, 6.07) is 5.62. The van der Waals surface area contributed by atoms with E-state index in [0.29, 0.717) is 17.9 Å². The lowest BCUT2D eigenvalue weighted by Gasteiger charge is -2.19. The van der Waals surface area contributed by atoms with Crippen molar-refractivity contribution in [2.75, 3.05) is 5.32 Å². The SMILES string of the molecule is CCCC(=O)c1cc(C)c(-c2cc3cnc(NC(=O)OC(C)(C)C)cc3n3ccnc23)cn1. The lowest BCUT2D eigenvalue weighted by Crippen LogP contribution is -2.27. The molecule has 0 unspecified atom stereocenters. The molecule has 0 spiro atoms. The van der Waals surface area contributed by atoms with Gasteiger partial charge in [0.2, 0.25) is 0 Å². The summed E-state index contributed by atoms with van der Waals surface area (Å²) in [5.41, 5.74) is 4.21. The normalized spacial score (nSPS) is 11.7. The molecule has 0 saturated carbocycles. The third-order valence-corrected chi connectivity index (χ3v) is 5.15. The summed E-state index contributed by atoms with van der Waals surface area (Å²) >= 11 is 0. The molecule has 0 aliphatic rings. The lowest BCUT2D eigenvalue weighted by molar-refractivity contribution is 0.0635. The Morgan fingerprint density at radius 3 is 2.55 bits per heavy atom. The van der Waals surface area contributed by atoms with Crippen LogP contribution in [0.4, 0.5) is 10.6 Å². The second-order valence-electron chi connectivity index (χ2n) is 8.99. The number of carbonyl (C=O) groups excluding carboxylic acids is 2. The number of fused-ring (bicyclic) bond motifs is 3. The molecule has 0 aliphatic heterocycles. The fraction of sp³-hybridized carbons (Fsp3) is 0.320. The lowest BCUT2D eigenvalue weighted by atomic mass is 10.0. The Kier molecular flexibility index (Phi) is 5.84. The van der Waals surface area contributed by atoms with E-state index in [2.05, 4.69) is 20.3 Å². The molecule has 8 nitrogen and oxygen atoms in total. The Hall–Kier alpha value is -3.81. The number of amides is 1. The van der Waals surface area contributed by atoms with E-state index in [1.807, 2.05) is 36.6 Å². The molecule has 0 radical (unpaired) electrons. The number of nitrogens with zero attached hydrogens (tertiary/aromatic N) is 4. The van der Waals surface area contributed by atoms with E-state index >= 15 is 0 Å². The first kappa shape index (κ1) is 22.4. The Morgan fingerprint density at radius 1 is 1.06 bits per heavy atom. The molecular weight excluding hydrogens is 418 g/mol. The highest BCUT2D eigenvalue weighted by molar-refractivity contribution is 5.97. The zero-order valence-electron chi connectivity index (χ0n) is 19.5. The summed E-state index contributed by atoms with van der Waals surface area (Å²) in [6.45, 7) is 9.36. The topological polar surface area (TPSA) is 98.5 Å². The number of Topliss-reactive ketones (excluding diaryl/α,β-unsaturated/α-hetero) is 1. The van der Waals surface area contributed by atoms with Gasteiger partial charge in [0.1, 0.15) is 22.8 Å². The van der Waals surface area contributed by atoms with E-state index in [4.69, 9.17) is 4.74 Å². The number of imidazole rings is 1. The summed E-state index contributed by atoms with van der Waals surface area (Å²) in [5.74, 6) is 0.432. The van der Waals surface area contributed by atoms with Gasteiger partial charge in [-0.25, -0.2) is 14.8 Å². The Balaban J connectivity index is 1.75. The van der Waals surface area contributed by atoms with E-state index in [1.54, 1.807) is 45.4 Å². The average molecular weight is 446 g/mol. The summed E-state index contributed by atoms with van der Waals surface area (Å²) in [7, 11) is 0. The van der Waals surface area contributed by atoms with Gasteiger partial charge in [-0.15, -0.1) is 0 Å². The van der Waals surface area contributed by atoms with Gasteiger partial charge in [0.25, 0.3) is 0 Å². The number of ketones is 1. The van der Waals surface area contributed by atoms with Gasteiger partial charge >= 0.3 is 6.09 Å². The highest BCUT2D eigenvalue weighted by atomic mass is 16.6. The molecule has 0 aromatic carbocycles. The van der Waals surface area contributed by atoms with Crippen molar-refractivity contribution in [1.82, 2.24) is 19.4 Å². The third kappa shape index (κ3) is 4.69. The maximum absolute atomic E-state index is 12.2. The molecule has 4 aromatic heterocycles. The number of carbonyl (C=O) groups is 2. The van der Waals surface area contributed by atoms with Crippen LogP contribution in [0.1, 0.15) is 56.6 Å². The van der Waals surface area contributed by atoms with E-state index in [-0.39, 0.29) is 5.78 Å². The summed E-state index contributed by atoms with van der Waals surface area (Å²) in [5, 5.41) is 3.55. The number of aryl methyl sites for hydroxylation is 1. The first-order chi connectivity index (χ1) is 15.7. The van der Waals surface area contributed by atoms with Crippen LogP contribution in [0.15, 0.2) is 43.0 Å². The summed E-state index contributed by atoms with van der Waals surface area (Å²) in [6.07, 6.45) is 7.73. The summed E-state index contributed by atoms with van der Waals surface area (Å²) in [4.78, 5) is 37.7. The maximum Gasteiger partial charge on any atom is 0.413 e. The fourth-order valence-electron chi connectivity index (χ4n) is 3.71. The average Bonchev–Trinajstić information content (AvgIpc) is 3.22. The predicted molar refractivity (Wildman–Crippen MR) is 128 cm³/mol. The van der Waals surface area contributed by atoms with Crippen LogP contribution in [0.3, 0.4) is 0 Å². The van der Waals surface area contributed by atoms with Gasteiger partial charge < -0.3 is 4.74 Å². The number of anilines is 1. The number of aromatic nitrogens is 4. The third-order valence-electron chi connectivity index (χ3n) is 5.15. The van der Waals surface area contributed by atoms with Crippen LogP contribution in [0, 0.1) is 6.92 Å². The van der Waals surface area contributed by atoms with Gasteiger partial charge in [0.05, 0.1) is 5.52 Å². The predicted octanol–water partition coefficient (Wildman–Crippen LogP) is 5.58. The van der Waals surface area contributed by atoms with E-state index in [1.165, 1.54) is 0 Å². The van der Waals surface area contributed by atoms with E-state index in [9.17, 15) is 9.59 Å². The largest absolute Gasteiger partial charge is 0.444 e. The highest BCUT2D eigenvalue weighted by Crippen LogP contribution is 2.31. The molecule has 4 aromatic rings. The number of pyridine rings is 3. The number of hydrogen-bond donors (Lipinski definition) is 1. The van der Waals surface area contributed by atoms with Crippen molar-refractivity contribution < 1.29 is 14.3 Å². The quantitative estimate of drug-likeness (QED) is 0.403. The molecule has 4 heterocycles. The number of hydrogen-bond acceptors (Lipinski definition) is 6. The van der Waals surface area contributed by atoms with Crippen molar-refractivity contribution in [3.8, 4) is 11.1 Å². The van der Waals surface area contributed by atoms with E-state index in [0.717, 1.165) is 39.7 Å². The monoisotopic (exact) mass is 445 g/mol. The second-order valence-corrected chi connectivity index (χ2v) is 8.99. The number of ether oxygens (including phenoxy) is 1. The molecule has 0 fully saturated rings. The molecule has 0 aliphatic carbocycles. The smallest absolute Gasteiger partial charge is 0.413 e. The Bertz CT molecular complexity index is 1370. The first-order valence-corrected chi connectivity index (χ1v) is 10.9. The van der Waals surface area contributed by atoms with Gasteiger partial charge in [-0.05, 0) is 51.8 Å². The van der Waals surface area contributed by atoms with Crippen molar-refractivity contribution in [2.45, 2.75) is 53.1 Å². The zero-order chi connectivity index (χ0) is 23.8. The molecule has 1 amide bonds. The molecule has 0 bridgehead atoms. The van der Waals surface area contributed by atoms with Crippen LogP contribution in [0.5, 0.6) is 0 Å². The minimum Gasteiger partial charge on any atom is -0.444 e. The fourth-order valence-corrected chi connectivity index (χ4v) is 3.71. The Labute approximate surface area is 192 Å². The molecule has 1 N–H and O–H groups in total. The van der Waals surface area contributed by atoms with Gasteiger partial charge in [-0.1, -0.05) is 6.92 Å². The second kappa shape index (κ2) is 8.61. The van der Waals surface area contributed by atoms with Crippen molar-refractivity contribution in [3.63, 3.8) is 0 Å². The minimum atomic E-state index is -0.601. The van der Waals surface area contributed by atoms with Crippen molar-refractivity contribution in [1.29, 1.82) is 0 Å². The van der Waals surface area contributed by atoms with Gasteiger partial charge in [0, 0.05) is 53.8 Å². The van der Waals surface area contributed by atoms with E-state index < -0.39 is 11.7 Å².